The van der Waals surface area contributed by atoms with Gasteiger partial charge in [0.1, 0.15) is 18.2 Å². The fourth-order valence-corrected chi connectivity index (χ4v) is 2.03. The van der Waals surface area contributed by atoms with Gasteiger partial charge in [0.25, 0.3) is 0 Å². The Morgan fingerprint density at radius 3 is 2.75 bits per heavy atom. The summed E-state index contributed by atoms with van der Waals surface area (Å²) in [5.41, 5.74) is 0.739. The van der Waals surface area contributed by atoms with E-state index in [0.29, 0.717) is 16.3 Å². The van der Waals surface area contributed by atoms with E-state index in [1.807, 2.05) is 0 Å². The van der Waals surface area contributed by atoms with Gasteiger partial charge in [-0.2, -0.15) is 0 Å². The standard InChI is InChI=1S/C14H10Cl2FNO2/c15-10-4-5-14(9(6-10)7-18-19)20-8-11-12(16)2-1-3-13(11)17/h1-7,19H,8H2/b18-7+. The first kappa shape index (κ1) is 14.6. The quantitative estimate of drug-likeness (QED) is 0.512. The van der Waals surface area contributed by atoms with Gasteiger partial charge in [-0.25, -0.2) is 4.39 Å². The molecule has 0 fully saturated rings. The van der Waals surface area contributed by atoms with Gasteiger partial charge in [-0.1, -0.05) is 34.4 Å². The molecule has 0 aliphatic rings. The third-order valence-electron chi connectivity index (χ3n) is 2.60. The molecule has 3 nitrogen and oxygen atoms in total. The predicted octanol–water partition coefficient (Wildman–Crippen LogP) is 4.52. The Kier molecular flexibility index (Phi) is 4.82. The van der Waals surface area contributed by atoms with E-state index in [0.717, 1.165) is 0 Å². The maximum Gasteiger partial charge on any atom is 0.131 e. The molecule has 104 valence electrons. The van der Waals surface area contributed by atoms with Crippen LogP contribution in [-0.4, -0.2) is 11.4 Å². The molecule has 2 aromatic rings. The highest BCUT2D eigenvalue weighted by molar-refractivity contribution is 6.31. The summed E-state index contributed by atoms with van der Waals surface area (Å²) in [4.78, 5) is 0. The summed E-state index contributed by atoms with van der Waals surface area (Å²) >= 11 is 11.8. The van der Waals surface area contributed by atoms with Gasteiger partial charge in [0.15, 0.2) is 0 Å². The van der Waals surface area contributed by atoms with E-state index < -0.39 is 5.82 Å². The van der Waals surface area contributed by atoms with Crippen LogP contribution in [0.4, 0.5) is 4.39 Å². The van der Waals surface area contributed by atoms with Crippen molar-refractivity contribution in [3.63, 3.8) is 0 Å². The molecule has 0 aliphatic heterocycles. The molecule has 1 N–H and O–H groups in total. The zero-order chi connectivity index (χ0) is 14.5. The molecule has 0 spiro atoms. The van der Waals surface area contributed by atoms with Crippen LogP contribution in [0, 0.1) is 5.82 Å². The molecular weight excluding hydrogens is 304 g/mol. The fourth-order valence-electron chi connectivity index (χ4n) is 1.63. The van der Waals surface area contributed by atoms with E-state index in [1.54, 1.807) is 24.3 Å². The van der Waals surface area contributed by atoms with Gasteiger partial charge in [-0.05, 0) is 30.3 Å². The van der Waals surface area contributed by atoms with Crippen LogP contribution >= 0.6 is 23.2 Å². The van der Waals surface area contributed by atoms with Crippen LogP contribution in [0.15, 0.2) is 41.6 Å². The van der Waals surface area contributed by atoms with Gasteiger partial charge in [-0.3, -0.25) is 0 Å². The SMILES string of the molecule is O/N=C/c1cc(Cl)ccc1OCc1c(F)cccc1Cl. The van der Waals surface area contributed by atoms with Gasteiger partial charge in [-0.15, -0.1) is 0 Å². The van der Waals surface area contributed by atoms with Crippen LogP contribution in [-0.2, 0) is 6.61 Å². The first-order valence-corrected chi connectivity index (χ1v) is 6.40. The van der Waals surface area contributed by atoms with Crippen molar-refractivity contribution in [3.05, 3.63) is 63.4 Å². The van der Waals surface area contributed by atoms with E-state index in [9.17, 15) is 4.39 Å². The summed E-state index contributed by atoms with van der Waals surface area (Å²) in [5, 5.41) is 12.3. The van der Waals surface area contributed by atoms with E-state index in [4.69, 9.17) is 33.1 Å². The van der Waals surface area contributed by atoms with E-state index >= 15 is 0 Å². The molecule has 6 heteroatoms. The second kappa shape index (κ2) is 6.59. The van der Waals surface area contributed by atoms with Crippen LogP contribution < -0.4 is 4.74 Å². The first-order valence-electron chi connectivity index (χ1n) is 5.64. The number of hydrogen-bond acceptors (Lipinski definition) is 3. The minimum atomic E-state index is -0.441. The number of ether oxygens (including phenoxy) is 1. The zero-order valence-corrected chi connectivity index (χ0v) is 11.7. The van der Waals surface area contributed by atoms with Gasteiger partial charge in [0.05, 0.1) is 11.2 Å². The molecule has 0 bridgehead atoms. The van der Waals surface area contributed by atoms with Gasteiger partial charge in [0.2, 0.25) is 0 Å². The summed E-state index contributed by atoms with van der Waals surface area (Å²) in [6.07, 6.45) is 1.18. The van der Waals surface area contributed by atoms with Crippen molar-refractivity contribution in [2.75, 3.05) is 0 Å². The Hall–Kier alpha value is -1.78. The summed E-state index contributed by atoms with van der Waals surface area (Å²) in [7, 11) is 0. The normalized spacial score (nSPS) is 10.9. The lowest BCUT2D eigenvalue weighted by molar-refractivity contribution is 0.298. The topological polar surface area (TPSA) is 41.8 Å². The average Bonchev–Trinajstić information content (AvgIpc) is 2.40. The van der Waals surface area contributed by atoms with Crippen molar-refractivity contribution < 1.29 is 14.3 Å². The number of halogens is 3. The van der Waals surface area contributed by atoms with Gasteiger partial charge >= 0.3 is 0 Å². The Morgan fingerprint density at radius 2 is 2.05 bits per heavy atom. The highest BCUT2D eigenvalue weighted by Gasteiger charge is 2.09. The minimum absolute atomic E-state index is 0.0423. The zero-order valence-electron chi connectivity index (χ0n) is 10.2. The Labute approximate surface area is 125 Å². The van der Waals surface area contributed by atoms with E-state index in [1.165, 1.54) is 18.3 Å². The number of hydrogen-bond donors (Lipinski definition) is 1. The van der Waals surface area contributed by atoms with Crippen molar-refractivity contribution in [2.45, 2.75) is 6.61 Å². The van der Waals surface area contributed by atoms with Crippen LogP contribution in [0.2, 0.25) is 10.0 Å². The third kappa shape index (κ3) is 3.40. The predicted molar refractivity (Wildman–Crippen MR) is 76.6 cm³/mol. The fraction of sp³-hybridized carbons (Fsp3) is 0.0714. The molecule has 0 aliphatic carbocycles. The second-order valence-corrected chi connectivity index (χ2v) is 4.76. The van der Waals surface area contributed by atoms with Crippen LogP contribution in [0.1, 0.15) is 11.1 Å². The van der Waals surface area contributed by atoms with Crippen LogP contribution in [0.25, 0.3) is 0 Å². The third-order valence-corrected chi connectivity index (χ3v) is 3.19. The van der Waals surface area contributed by atoms with Crippen molar-refractivity contribution in [1.82, 2.24) is 0 Å². The molecule has 0 aromatic heterocycles. The van der Waals surface area contributed by atoms with Gasteiger partial charge in [0, 0.05) is 16.1 Å². The summed E-state index contributed by atoms with van der Waals surface area (Å²) in [5.74, 6) is -0.0321. The molecule has 0 unspecified atom stereocenters. The lowest BCUT2D eigenvalue weighted by Crippen LogP contribution is -2.01. The molecular formula is C14H10Cl2FNO2. The largest absolute Gasteiger partial charge is 0.488 e. The highest BCUT2D eigenvalue weighted by Crippen LogP contribution is 2.25. The van der Waals surface area contributed by atoms with Crippen molar-refractivity contribution in [2.24, 2.45) is 5.16 Å². The van der Waals surface area contributed by atoms with E-state index in [2.05, 4.69) is 5.16 Å². The molecule has 2 aromatic carbocycles. The molecule has 0 radical (unpaired) electrons. The molecule has 2 rings (SSSR count). The summed E-state index contributed by atoms with van der Waals surface area (Å²) < 4.78 is 19.1. The number of nitrogens with zero attached hydrogens (tertiary/aromatic N) is 1. The van der Waals surface area contributed by atoms with Crippen molar-refractivity contribution in [1.29, 1.82) is 0 Å². The minimum Gasteiger partial charge on any atom is -0.488 e. The second-order valence-electron chi connectivity index (χ2n) is 3.92. The molecule has 0 heterocycles. The number of benzene rings is 2. The molecule has 0 atom stereocenters. The lowest BCUT2D eigenvalue weighted by Gasteiger charge is -2.11. The molecule has 0 saturated carbocycles. The number of oxime groups is 1. The van der Waals surface area contributed by atoms with Crippen LogP contribution in [0.3, 0.4) is 0 Å². The average molecular weight is 314 g/mol. The Bertz CT molecular complexity index is 627. The summed E-state index contributed by atoms with van der Waals surface area (Å²) in [6, 6.07) is 9.21. The maximum absolute atomic E-state index is 13.6. The highest BCUT2D eigenvalue weighted by atomic mass is 35.5. The summed E-state index contributed by atoms with van der Waals surface area (Å²) in [6.45, 7) is -0.0423. The van der Waals surface area contributed by atoms with Crippen molar-refractivity contribution >= 4 is 29.4 Å². The van der Waals surface area contributed by atoms with E-state index in [-0.39, 0.29) is 17.2 Å². The first-order chi connectivity index (χ1) is 9.61. The smallest absolute Gasteiger partial charge is 0.131 e. The number of rotatable bonds is 4. The lowest BCUT2D eigenvalue weighted by atomic mass is 10.2. The van der Waals surface area contributed by atoms with Crippen molar-refractivity contribution in [3.8, 4) is 5.75 Å². The van der Waals surface area contributed by atoms with Gasteiger partial charge < -0.3 is 9.94 Å². The Morgan fingerprint density at radius 1 is 1.25 bits per heavy atom. The monoisotopic (exact) mass is 313 g/mol. The van der Waals surface area contributed by atoms with Crippen LogP contribution in [0.5, 0.6) is 5.75 Å². The molecule has 0 amide bonds. The maximum atomic E-state index is 13.6. The Balaban J connectivity index is 2.23. The molecule has 0 saturated heterocycles. The molecule has 20 heavy (non-hydrogen) atoms.